The van der Waals surface area contributed by atoms with Gasteiger partial charge in [-0.25, -0.2) is 4.99 Å². The average Bonchev–Trinajstić information content (AvgIpc) is 2.46. The summed E-state index contributed by atoms with van der Waals surface area (Å²) in [7, 11) is 0. The fourth-order valence-corrected chi connectivity index (χ4v) is 1.74. The van der Waals surface area contributed by atoms with Crippen LogP contribution in [0.4, 0.5) is 0 Å². The van der Waals surface area contributed by atoms with Gasteiger partial charge in [-0.05, 0) is 19.3 Å². The fraction of sp³-hybridized carbons (Fsp3) is 0.750. The van der Waals surface area contributed by atoms with Crippen LogP contribution in [0.3, 0.4) is 0 Å². The molecule has 0 spiro atoms. The lowest BCUT2D eigenvalue weighted by Crippen LogP contribution is -2.14. The predicted molar refractivity (Wildman–Crippen MR) is 40.2 cm³/mol. The van der Waals surface area contributed by atoms with E-state index in [0.717, 1.165) is 12.8 Å². The number of fused-ring (bicyclic) bond motifs is 1. The minimum atomic E-state index is 0.304. The monoisotopic (exact) mass is 150 g/mol. The Morgan fingerprint density at radius 2 is 2.55 bits per heavy atom. The van der Waals surface area contributed by atoms with Gasteiger partial charge in [-0.2, -0.15) is 5.26 Å². The van der Waals surface area contributed by atoms with E-state index in [1.54, 1.807) is 0 Å². The van der Waals surface area contributed by atoms with Crippen LogP contribution >= 0.6 is 0 Å². The topological polar surface area (TPSA) is 45.4 Å². The minimum absolute atomic E-state index is 0.304. The number of ether oxygens (including phenoxy) is 1. The molecule has 2 atom stereocenters. The van der Waals surface area contributed by atoms with Crippen molar-refractivity contribution >= 4 is 5.90 Å². The highest BCUT2D eigenvalue weighted by Crippen LogP contribution is 2.29. The first-order valence-corrected chi connectivity index (χ1v) is 4.00. The normalized spacial score (nSPS) is 33.9. The van der Waals surface area contributed by atoms with Crippen LogP contribution in [-0.2, 0) is 4.74 Å². The van der Waals surface area contributed by atoms with Gasteiger partial charge in [0.1, 0.15) is 12.5 Å². The number of hydrogen-bond donors (Lipinski definition) is 0. The minimum Gasteiger partial charge on any atom is -0.475 e. The Bertz CT molecular complexity index is 229. The molecule has 2 unspecified atom stereocenters. The Morgan fingerprint density at radius 1 is 1.64 bits per heavy atom. The molecule has 0 N–H and O–H groups in total. The number of hydrogen-bond acceptors (Lipinski definition) is 3. The van der Waals surface area contributed by atoms with Crippen molar-refractivity contribution in [1.82, 2.24) is 0 Å². The summed E-state index contributed by atoms with van der Waals surface area (Å²) in [6.07, 6.45) is 4.12. The fourth-order valence-electron chi connectivity index (χ4n) is 1.74. The van der Waals surface area contributed by atoms with E-state index in [0.29, 0.717) is 24.5 Å². The van der Waals surface area contributed by atoms with Gasteiger partial charge in [0.05, 0.1) is 12.1 Å². The first-order chi connectivity index (χ1) is 5.40. The second-order valence-electron chi connectivity index (χ2n) is 3.01. The maximum absolute atomic E-state index is 8.38. The predicted octanol–water partition coefficient (Wildman–Crippen LogP) is 1.25. The second kappa shape index (κ2) is 2.54. The van der Waals surface area contributed by atoms with Gasteiger partial charge in [0.15, 0.2) is 5.90 Å². The van der Waals surface area contributed by atoms with Crippen LogP contribution in [0.25, 0.3) is 0 Å². The molecule has 3 nitrogen and oxygen atoms in total. The molecule has 0 saturated heterocycles. The standard InChI is InChI=1S/C8H10N2O/c9-5-4-8-10-6-2-1-3-7(6)11-8/h6-7H,1-4H2. The van der Waals surface area contributed by atoms with Crippen LogP contribution in [0.15, 0.2) is 4.99 Å². The zero-order chi connectivity index (χ0) is 7.68. The number of nitriles is 1. The summed E-state index contributed by atoms with van der Waals surface area (Å²) in [6, 6.07) is 2.42. The molecule has 58 valence electrons. The van der Waals surface area contributed by atoms with E-state index in [-0.39, 0.29) is 0 Å². The molecule has 2 rings (SSSR count). The van der Waals surface area contributed by atoms with Crippen LogP contribution in [0.1, 0.15) is 25.7 Å². The molecule has 0 bridgehead atoms. The molecule has 0 radical (unpaired) electrons. The second-order valence-corrected chi connectivity index (χ2v) is 3.01. The highest BCUT2D eigenvalue weighted by Gasteiger charge is 2.34. The van der Waals surface area contributed by atoms with Crippen molar-refractivity contribution in [3.8, 4) is 6.07 Å². The van der Waals surface area contributed by atoms with Gasteiger partial charge >= 0.3 is 0 Å². The molecule has 1 fully saturated rings. The first kappa shape index (κ1) is 6.66. The molecule has 0 aromatic rings. The van der Waals surface area contributed by atoms with Gasteiger partial charge in [0.2, 0.25) is 0 Å². The largest absolute Gasteiger partial charge is 0.475 e. The van der Waals surface area contributed by atoms with Crippen LogP contribution in [0.2, 0.25) is 0 Å². The number of rotatable bonds is 1. The quantitative estimate of drug-likeness (QED) is 0.564. The van der Waals surface area contributed by atoms with Gasteiger partial charge in [0, 0.05) is 0 Å². The summed E-state index contributed by atoms with van der Waals surface area (Å²) in [5.74, 6) is 0.655. The van der Waals surface area contributed by atoms with Crippen LogP contribution in [-0.4, -0.2) is 18.0 Å². The van der Waals surface area contributed by atoms with E-state index in [4.69, 9.17) is 10.00 Å². The smallest absolute Gasteiger partial charge is 0.198 e. The van der Waals surface area contributed by atoms with E-state index in [1.165, 1.54) is 6.42 Å². The van der Waals surface area contributed by atoms with Crippen molar-refractivity contribution in [2.24, 2.45) is 4.99 Å². The number of nitrogens with zero attached hydrogens (tertiary/aromatic N) is 2. The van der Waals surface area contributed by atoms with Gasteiger partial charge in [-0.3, -0.25) is 0 Å². The summed E-state index contributed by atoms with van der Waals surface area (Å²) < 4.78 is 5.45. The Balaban J connectivity index is 2.02. The molecular formula is C8H10N2O. The summed E-state index contributed by atoms with van der Waals surface area (Å²) >= 11 is 0. The lowest BCUT2D eigenvalue weighted by Gasteiger charge is -2.05. The Morgan fingerprint density at radius 3 is 3.27 bits per heavy atom. The van der Waals surface area contributed by atoms with Crippen molar-refractivity contribution in [3.63, 3.8) is 0 Å². The van der Waals surface area contributed by atoms with Crippen LogP contribution in [0.5, 0.6) is 0 Å². The highest BCUT2D eigenvalue weighted by atomic mass is 16.5. The molecule has 0 aromatic heterocycles. The maximum atomic E-state index is 8.38. The first-order valence-electron chi connectivity index (χ1n) is 4.00. The van der Waals surface area contributed by atoms with Crippen molar-refractivity contribution in [1.29, 1.82) is 5.26 Å². The molecular weight excluding hydrogens is 140 g/mol. The molecule has 0 aromatic carbocycles. The van der Waals surface area contributed by atoms with Crippen molar-refractivity contribution in [2.45, 2.75) is 37.8 Å². The van der Waals surface area contributed by atoms with Gasteiger partial charge in [-0.15, -0.1) is 0 Å². The van der Waals surface area contributed by atoms with Crippen molar-refractivity contribution < 1.29 is 4.74 Å². The van der Waals surface area contributed by atoms with E-state index in [1.807, 2.05) is 6.07 Å². The highest BCUT2D eigenvalue weighted by molar-refractivity contribution is 5.80. The summed E-state index contributed by atoms with van der Waals surface area (Å²) in [5.41, 5.74) is 0. The lowest BCUT2D eigenvalue weighted by atomic mass is 10.2. The molecule has 1 aliphatic carbocycles. The van der Waals surface area contributed by atoms with Crippen molar-refractivity contribution in [3.05, 3.63) is 0 Å². The van der Waals surface area contributed by atoms with Gasteiger partial charge in [0.25, 0.3) is 0 Å². The summed E-state index contributed by atoms with van der Waals surface area (Å²) in [6.45, 7) is 0. The molecule has 1 aliphatic heterocycles. The van der Waals surface area contributed by atoms with Crippen molar-refractivity contribution in [2.75, 3.05) is 0 Å². The third kappa shape index (κ3) is 1.09. The zero-order valence-electron chi connectivity index (χ0n) is 6.29. The molecule has 1 saturated carbocycles. The lowest BCUT2D eigenvalue weighted by molar-refractivity contribution is 0.208. The number of aliphatic imine (C=N–C) groups is 1. The molecule has 3 heteroatoms. The molecule has 11 heavy (non-hydrogen) atoms. The maximum Gasteiger partial charge on any atom is 0.198 e. The average molecular weight is 150 g/mol. The summed E-state index contributed by atoms with van der Waals surface area (Å²) in [5, 5.41) is 8.38. The van der Waals surface area contributed by atoms with E-state index >= 15 is 0 Å². The Labute approximate surface area is 65.7 Å². The Hall–Kier alpha value is -1.04. The zero-order valence-corrected chi connectivity index (χ0v) is 6.29. The summed E-state index contributed by atoms with van der Waals surface area (Å²) in [4.78, 5) is 4.31. The molecule has 0 amide bonds. The van der Waals surface area contributed by atoms with E-state index in [2.05, 4.69) is 4.99 Å². The molecule has 2 aliphatic rings. The SMILES string of the molecule is N#CCC1=NC2CCCC2O1. The van der Waals surface area contributed by atoms with E-state index in [9.17, 15) is 0 Å². The van der Waals surface area contributed by atoms with E-state index < -0.39 is 0 Å². The third-order valence-corrected chi connectivity index (χ3v) is 2.25. The van der Waals surface area contributed by atoms with Crippen LogP contribution < -0.4 is 0 Å². The molecule has 1 heterocycles. The van der Waals surface area contributed by atoms with Gasteiger partial charge < -0.3 is 4.74 Å². The van der Waals surface area contributed by atoms with Gasteiger partial charge in [-0.1, -0.05) is 0 Å². The van der Waals surface area contributed by atoms with Crippen LogP contribution in [0, 0.1) is 11.3 Å². The third-order valence-electron chi connectivity index (χ3n) is 2.25. The Kier molecular flexibility index (Phi) is 1.54.